The number of fused-ring (bicyclic) bond motifs is 2. The van der Waals surface area contributed by atoms with E-state index in [4.69, 9.17) is 0 Å². The van der Waals surface area contributed by atoms with Gasteiger partial charge in [0.25, 0.3) is 0 Å². The molecule has 0 radical (unpaired) electrons. The molecule has 1 N–H and O–H groups in total. The Bertz CT molecular complexity index is 587. The van der Waals surface area contributed by atoms with E-state index in [1.165, 1.54) is 21.6 Å². The van der Waals surface area contributed by atoms with E-state index in [9.17, 15) is 0 Å². The van der Waals surface area contributed by atoms with E-state index in [2.05, 4.69) is 58.7 Å². The van der Waals surface area contributed by atoms with Crippen LogP contribution in [0.5, 0.6) is 0 Å². The number of piperazine rings is 1. The molecule has 0 aliphatic carbocycles. The van der Waals surface area contributed by atoms with Gasteiger partial charge in [-0.25, -0.2) is 0 Å². The summed E-state index contributed by atoms with van der Waals surface area (Å²) >= 11 is 1.98. The average Bonchev–Trinajstić information content (AvgIpc) is 2.72. The third kappa shape index (κ3) is 2.50. The van der Waals surface area contributed by atoms with Gasteiger partial charge in [0.05, 0.1) is 6.04 Å². The van der Waals surface area contributed by atoms with Gasteiger partial charge in [-0.3, -0.25) is 4.90 Å². The summed E-state index contributed by atoms with van der Waals surface area (Å²) < 4.78 is 0. The molecular weight excluding hydrogens is 276 g/mol. The molecule has 1 unspecified atom stereocenters. The summed E-state index contributed by atoms with van der Waals surface area (Å²) in [5.74, 6) is 1.08. The van der Waals surface area contributed by atoms with Gasteiger partial charge in [0, 0.05) is 36.8 Å². The van der Waals surface area contributed by atoms with E-state index in [1.807, 2.05) is 11.8 Å². The van der Waals surface area contributed by atoms with Crippen molar-refractivity contribution in [3.05, 3.63) is 65.2 Å². The number of nitrogens with zero attached hydrogens (tertiary/aromatic N) is 1. The number of hydrogen-bond donors (Lipinski definition) is 1. The first kappa shape index (κ1) is 13.4. The Morgan fingerprint density at radius 3 is 2.48 bits per heavy atom. The zero-order valence-corrected chi connectivity index (χ0v) is 12.9. The third-order valence-electron chi connectivity index (χ3n) is 4.46. The van der Waals surface area contributed by atoms with Crippen LogP contribution in [0.2, 0.25) is 0 Å². The molecule has 1 saturated heterocycles. The van der Waals surface area contributed by atoms with E-state index in [1.54, 1.807) is 0 Å². The summed E-state index contributed by atoms with van der Waals surface area (Å²) in [6.07, 6.45) is 0. The number of rotatable bonds is 1. The zero-order chi connectivity index (χ0) is 14.1. The van der Waals surface area contributed by atoms with Crippen LogP contribution < -0.4 is 5.32 Å². The van der Waals surface area contributed by atoms with Gasteiger partial charge in [-0.2, -0.15) is 0 Å². The standard InChI is InChI=1S/C18H20N2S/c1-2-6-15-14(5-1)13-21-17-8-4-3-7-16(17)18(15)20-11-9-19-10-12-20/h1-8,18-19H,9-13H2. The van der Waals surface area contributed by atoms with Crippen LogP contribution >= 0.6 is 11.8 Å². The van der Waals surface area contributed by atoms with Gasteiger partial charge in [-0.15, -0.1) is 11.8 Å². The second kappa shape index (κ2) is 5.84. The molecule has 0 amide bonds. The summed E-state index contributed by atoms with van der Waals surface area (Å²) in [6.45, 7) is 4.43. The smallest absolute Gasteiger partial charge is 0.0616 e. The minimum atomic E-state index is 0.412. The number of hydrogen-bond acceptors (Lipinski definition) is 3. The van der Waals surface area contributed by atoms with Gasteiger partial charge in [-0.05, 0) is 22.8 Å². The monoisotopic (exact) mass is 296 g/mol. The summed E-state index contributed by atoms with van der Waals surface area (Å²) in [5, 5.41) is 3.47. The Morgan fingerprint density at radius 2 is 1.62 bits per heavy atom. The van der Waals surface area contributed by atoms with E-state index < -0.39 is 0 Å². The second-order valence-corrected chi connectivity index (χ2v) is 6.73. The Balaban J connectivity index is 1.85. The van der Waals surface area contributed by atoms with Gasteiger partial charge in [0.1, 0.15) is 0 Å². The zero-order valence-electron chi connectivity index (χ0n) is 12.1. The summed E-state index contributed by atoms with van der Waals surface area (Å²) in [7, 11) is 0. The van der Waals surface area contributed by atoms with E-state index >= 15 is 0 Å². The minimum Gasteiger partial charge on any atom is -0.314 e. The molecule has 2 nitrogen and oxygen atoms in total. The number of benzene rings is 2. The fourth-order valence-corrected chi connectivity index (χ4v) is 4.52. The molecule has 0 saturated carbocycles. The van der Waals surface area contributed by atoms with Crippen molar-refractivity contribution in [1.82, 2.24) is 10.2 Å². The van der Waals surface area contributed by atoms with Crippen molar-refractivity contribution < 1.29 is 0 Å². The second-order valence-electron chi connectivity index (χ2n) is 5.71. The molecule has 1 atom stereocenters. The fraction of sp³-hybridized carbons (Fsp3) is 0.333. The van der Waals surface area contributed by atoms with Crippen LogP contribution in [0.25, 0.3) is 0 Å². The van der Waals surface area contributed by atoms with Crippen molar-refractivity contribution in [2.75, 3.05) is 26.2 Å². The molecule has 2 aromatic rings. The molecule has 4 rings (SSSR count). The molecule has 0 aromatic heterocycles. The van der Waals surface area contributed by atoms with Crippen molar-refractivity contribution in [3.8, 4) is 0 Å². The minimum absolute atomic E-state index is 0.412. The fourth-order valence-electron chi connectivity index (χ4n) is 3.43. The molecule has 2 aromatic carbocycles. The Kier molecular flexibility index (Phi) is 3.72. The largest absolute Gasteiger partial charge is 0.314 e. The molecule has 3 heteroatoms. The maximum atomic E-state index is 3.47. The first-order chi connectivity index (χ1) is 10.4. The molecule has 0 spiro atoms. The van der Waals surface area contributed by atoms with Gasteiger partial charge in [0.2, 0.25) is 0 Å². The topological polar surface area (TPSA) is 15.3 Å². The lowest BCUT2D eigenvalue weighted by Gasteiger charge is -2.36. The van der Waals surface area contributed by atoms with Crippen LogP contribution in [0.3, 0.4) is 0 Å². The predicted octanol–water partition coefficient (Wildman–Crippen LogP) is 3.29. The highest BCUT2D eigenvalue weighted by Crippen LogP contribution is 2.42. The maximum absolute atomic E-state index is 3.47. The van der Waals surface area contributed by atoms with Gasteiger partial charge in [0.15, 0.2) is 0 Å². The molecule has 21 heavy (non-hydrogen) atoms. The van der Waals surface area contributed by atoms with E-state index in [-0.39, 0.29) is 0 Å². The van der Waals surface area contributed by atoms with Crippen molar-refractivity contribution in [2.24, 2.45) is 0 Å². The average molecular weight is 296 g/mol. The molecule has 1 fully saturated rings. The van der Waals surface area contributed by atoms with Gasteiger partial charge in [-0.1, -0.05) is 42.5 Å². The highest BCUT2D eigenvalue weighted by Gasteiger charge is 2.29. The van der Waals surface area contributed by atoms with Crippen molar-refractivity contribution in [1.29, 1.82) is 0 Å². The lowest BCUT2D eigenvalue weighted by molar-refractivity contribution is 0.196. The van der Waals surface area contributed by atoms with Crippen LogP contribution in [0.4, 0.5) is 0 Å². The quantitative estimate of drug-likeness (QED) is 0.869. The SMILES string of the molecule is c1ccc2c(c1)CSc1ccccc1C2N1CCNCC1. The molecule has 2 aliphatic rings. The van der Waals surface area contributed by atoms with E-state index in [0.717, 1.165) is 31.9 Å². The van der Waals surface area contributed by atoms with Crippen LogP contribution in [0, 0.1) is 0 Å². The Labute approximate surface area is 130 Å². The number of nitrogens with one attached hydrogen (secondary N) is 1. The van der Waals surface area contributed by atoms with Gasteiger partial charge >= 0.3 is 0 Å². The number of thioether (sulfide) groups is 1. The van der Waals surface area contributed by atoms with Gasteiger partial charge < -0.3 is 5.32 Å². The Hall–Kier alpha value is -1.29. The van der Waals surface area contributed by atoms with Crippen LogP contribution in [-0.4, -0.2) is 31.1 Å². The highest BCUT2D eigenvalue weighted by atomic mass is 32.2. The van der Waals surface area contributed by atoms with E-state index in [0.29, 0.717) is 6.04 Å². The Morgan fingerprint density at radius 1 is 0.905 bits per heavy atom. The van der Waals surface area contributed by atoms with Crippen LogP contribution in [0.1, 0.15) is 22.7 Å². The predicted molar refractivity (Wildman–Crippen MR) is 88.7 cm³/mol. The lowest BCUT2D eigenvalue weighted by atomic mass is 9.93. The van der Waals surface area contributed by atoms with Crippen molar-refractivity contribution in [3.63, 3.8) is 0 Å². The molecule has 108 valence electrons. The first-order valence-corrected chi connectivity index (χ1v) is 8.66. The third-order valence-corrected chi connectivity index (χ3v) is 5.60. The first-order valence-electron chi connectivity index (χ1n) is 7.68. The summed E-state index contributed by atoms with van der Waals surface area (Å²) in [5.41, 5.74) is 4.47. The van der Waals surface area contributed by atoms with Crippen LogP contribution in [0.15, 0.2) is 53.4 Å². The molecule has 0 bridgehead atoms. The molecule has 2 aliphatic heterocycles. The molecule has 2 heterocycles. The normalized spacial score (nSPS) is 22.2. The van der Waals surface area contributed by atoms with Crippen molar-refractivity contribution in [2.45, 2.75) is 16.7 Å². The lowest BCUT2D eigenvalue weighted by Crippen LogP contribution is -2.45. The summed E-state index contributed by atoms with van der Waals surface area (Å²) in [4.78, 5) is 4.08. The van der Waals surface area contributed by atoms with Crippen molar-refractivity contribution >= 4 is 11.8 Å². The molecular formula is C18H20N2S. The maximum Gasteiger partial charge on any atom is 0.0616 e. The van der Waals surface area contributed by atoms with Crippen LogP contribution in [-0.2, 0) is 5.75 Å². The highest BCUT2D eigenvalue weighted by molar-refractivity contribution is 7.98. The summed E-state index contributed by atoms with van der Waals surface area (Å²) in [6, 6.07) is 18.3.